The molecule has 32 heavy (non-hydrogen) atoms. The predicted molar refractivity (Wildman–Crippen MR) is 116 cm³/mol. The average molecular weight is 462 g/mol. The molecule has 0 unspecified atom stereocenters. The zero-order valence-corrected chi connectivity index (χ0v) is 18.0. The van der Waals surface area contributed by atoms with Gasteiger partial charge in [0.2, 0.25) is 0 Å². The summed E-state index contributed by atoms with van der Waals surface area (Å²) in [7, 11) is 0. The second kappa shape index (κ2) is 10.2. The number of hydrogen-bond acceptors (Lipinski definition) is 5. The standard InChI is InChI=1S/C23H22F3N3O2S/c24-19-9-5-4-8-18(19)21-27-28-23(29(21)16-6-2-1-3-7-16)32-14-20(30)15-10-12-17(13-11-15)31-22(25)26/h4-5,8-13,16,22H,1-3,6-7,14H2. The van der Waals surface area contributed by atoms with E-state index in [0.717, 1.165) is 25.7 Å². The second-order valence-corrected chi connectivity index (χ2v) is 8.51. The summed E-state index contributed by atoms with van der Waals surface area (Å²) < 4.78 is 45.4. The number of ketones is 1. The van der Waals surface area contributed by atoms with E-state index in [1.165, 1.54) is 48.5 Å². The van der Waals surface area contributed by atoms with E-state index in [-0.39, 0.29) is 29.1 Å². The van der Waals surface area contributed by atoms with Crippen molar-refractivity contribution in [1.82, 2.24) is 14.8 Å². The lowest BCUT2D eigenvalue weighted by Gasteiger charge is -2.25. The molecule has 0 N–H and O–H groups in total. The number of hydrogen-bond donors (Lipinski definition) is 0. The lowest BCUT2D eigenvalue weighted by Crippen LogP contribution is -2.16. The van der Waals surface area contributed by atoms with E-state index in [9.17, 15) is 18.0 Å². The van der Waals surface area contributed by atoms with Gasteiger partial charge in [-0.05, 0) is 49.2 Å². The van der Waals surface area contributed by atoms with Crippen LogP contribution in [0.3, 0.4) is 0 Å². The number of nitrogens with zero attached hydrogens (tertiary/aromatic N) is 3. The Hall–Kier alpha value is -2.81. The molecule has 0 bridgehead atoms. The van der Waals surface area contributed by atoms with E-state index in [2.05, 4.69) is 14.9 Å². The first-order valence-electron chi connectivity index (χ1n) is 10.4. The van der Waals surface area contributed by atoms with Crippen molar-refractivity contribution in [2.45, 2.75) is 49.9 Å². The summed E-state index contributed by atoms with van der Waals surface area (Å²) >= 11 is 1.25. The van der Waals surface area contributed by atoms with Gasteiger partial charge in [-0.15, -0.1) is 10.2 Å². The number of carbonyl (C=O) groups is 1. The monoisotopic (exact) mass is 461 g/mol. The molecule has 1 aromatic heterocycles. The first kappa shape index (κ1) is 22.4. The van der Waals surface area contributed by atoms with Gasteiger partial charge in [0.15, 0.2) is 16.8 Å². The summed E-state index contributed by atoms with van der Waals surface area (Å²) in [5.74, 6) is 0.0196. The summed E-state index contributed by atoms with van der Waals surface area (Å²) in [6, 6.07) is 12.2. The van der Waals surface area contributed by atoms with Crippen LogP contribution in [0.5, 0.6) is 5.75 Å². The average Bonchev–Trinajstić information content (AvgIpc) is 3.22. The molecule has 168 valence electrons. The van der Waals surface area contributed by atoms with Crippen LogP contribution in [0, 0.1) is 5.82 Å². The Kier molecular flexibility index (Phi) is 7.14. The molecule has 1 saturated carbocycles. The fourth-order valence-electron chi connectivity index (χ4n) is 3.91. The van der Waals surface area contributed by atoms with Crippen LogP contribution in [0.4, 0.5) is 13.2 Å². The SMILES string of the molecule is O=C(CSc1nnc(-c2ccccc2F)n1C1CCCCC1)c1ccc(OC(F)F)cc1. The maximum atomic E-state index is 14.5. The Morgan fingerprint density at radius 3 is 2.47 bits per heavy atom. The number of alkyl halides is 2. The zero-order valence-electron chi connectivity index (χ0n) is 17.2. The van der Waals surface area contributed by atoms with Crippen LogP contribution >= 0.6 is 11.8 Å². The van der Waals surface area contributed by atoms with Crippen molar-refractivity contribution in [1.29, 1.82) is 0 Å². The molecule has 0 saturated heterocycles. The van der Waals surface area contributed by atoms with Gasteiger partial charge in [0, 0.05) is 11.6 Å². The zero-order chi connectivity index (χ0) is 22.5. The number of halogens is 3. The Labute approximate surface area is 188 Å². The molecule has 2 aromatic carbocycles. The minimum absolute atomic E-state index is 0.00391. The number of benzene rings is 2. The molecular formula is C23H22F3N3O2S. The maximum Gasteiger partial charge on any atom is 0.387 e. The molecule has 3 aromatic rings. The smallest absolute Gasteiger partial charge is 0.387 e. The number of ether oxygens (including phenoxy) is 1. The normalized spacial score (nSPS) is 14.6. The number of aromatic nitrogens is 3. The highest BCUT2D eigenvalue weighted by molar-refractivity contribution is 7.99. The second-order valence-electron chi connectivity index (χ2n) is 7.56. The summed E-state index contributed by atoms with van der Waals surface area (Å²) in [5.41, 5.74) is 0.774. The van der Waals surface area contributed by atoms with E-state index in [4.69, 9.17) is 0 Å². The molecule has 1 heterocycles. The van der Waals surface area contributed by atoms with Crippen molar-refractivity contribution >= 4 is 17.5 Å². The van der Waals surface area contributed by atoms with E-state index >= 15 is 0 Å². The predicted octanol–water partition coefficient (Wildman–Crippen LogP) is 6.17. The van der Waals surface area contributed by atoms with E-state index in [1.54, 1.807) is 18.2 Å². The Bertz CT molecular complexity index is 1070. The van der Waals surface area contributed by atoms with E-state index in [0.29, 0.717) is 22.1 Å². The Morgan fingerprint density at radius 2 is 1.78 bits per heavy atom. The topological polar surface area (TPSA) is 57.0 Å². The van der Waals surface area contributed by atoms with Crippen LogP contribution in [0.15, 0.2) is 53.7 Å². The third-order valence-electron chi connectivity index (χ3n) is 5.45. The van der Waals surface area contributed by atoms with Crippen molar-refractivity contribution in [2.24, 2.45) is 0 Å². The fourth-order valence-corrected chi connectivity index (χ4v) is 4.81. The Morgan fingerprint density at radius 1 is 1.06 bits per heavy atom. The van der Waals surface area contributed by atoms with Gasteiger partial charge < -0.3 is 4.74 Å². The number of thioether (sulfide) groups is 1. The number of Topliss-reactive ketones (excluding diaryl/α,β-unsaturated/α-hetero) is 1. The number of rotatable bonds is 8. The Balaban J connectivity index is 1.54. The van der Waals surface area contributed by atoms with Gasteiger partial charge in [-0.2, -0.15) is 8.78 Å². The van der Waals surface area contributed by atoms with Gasteiger partial charge in [0.1, 0.15) is 11.6 Å². The molecule has 1 aliphatic carbocycles. The molecule has 0 spiro atoms. The van der Waals surface area contributed by atoms with Gasteiger partial charge >= 0.3 is 6.61 Å². The fraction of sp³-hybridized carbons (Fsp3) is 0.348. The molecule has 0 aliphatic heterocycles. The molecule has 1 fully saturated rings. The van der Waals surface area contributed by atoms with Crippen molar-refractivity contribution in [3.63, 3.8) is 0 Å². The third-order valence-corrected chi connectivity index (χ3v) is 6.40. The van der Waals surface area contributed by atoms with Crippen LogP contribution in [0.1, 0.15) is 48.5 Å². The summed E-state index contributed by atoms with van der Waals surface area (Å²) in [6.45, 7) is -2.91. The lowest BCUT2D eigenvalue weighted by atomic mass is 9.95. The van der Waals surface area contributed by atoms with E-state index < -0.39 is 6.61 Å². The summed E-state index contributed by atoms with van der Waals surface area (Å²) in [5, 5.41) is 9.11. The summed E-state index contributed by atoms with van der Waals surface area (Å²) in [6.07, 6.45) is 5.23. The quantitative estimate of drug-likeness (QED) is 0.297. The first-order valence-corrected chi connectivity index (χ1v) is 11.4. The largest absolute Gasteiger partial charge is 0.435 e. The molecule has 1 aliphatic rings. The van der Waals surface area contributed by atoms with Gasteiger partial charge in [-0.25, -0.2) is 4.39 Å². The molecule has 0 atom stereocenters. The third kappa shape index (κ3) is 5.15. The number of carbonyl (C=O) groups excluding carboxylic acids is 1. The van der Waals surface area contributed by atoms with Crippen molar-refractivity contribution in [3.8, 4) is 17.1 Å². The maximum absolute atomic E-state index is 14.5. The molecule has 0 radical (unpaired) electrons. The minimum atomic E-state index is -2.91. The molecule has 4 rings (SSSR count). The highest BCUT2D eigenvalue weighted by Crippen LogP contribution is 2.36. The summed E-state index contributed by atoms with van der Waals surface area (Å²) in [4.78, 5) is 12.6. The van der Waals surface area contributed by atoms with Gasteiger partial charge in [-0.1, -0.05) is 43.2 Å². The minimum Gasteiger partial charge on any atom is -0.435 e. The molecule has 0 amide bonds. The van der Waals surface area contributed by atoms with Crippen molar-refractivity contribution in [3.05, 3.63) is 59.9 Å². The highest BCUT2D eigenvalue weighted by Gasteiger charge is 2.25. The van der Waals surface area contributed by atoms with Gasteiger partial charge in [0.05, 0.1) is 11.3 Å². The van der Waals surface area contributed by atoms with Crippen LogP contribution < -0.4 is 4.74 Å². The van der Waals surface area contributed by atoms with Crippen molar-refractivity contribution < 1.29 is 22.7 Å². The van der Waals surface area contributed by atoms with Crippen LogP contribution in [0.2, 0.25) is 0 Å². The van der Waals surface area contributed by atoms with Gasteiger partial charge in [-0.3, -0.25) is 9.36 Å². The highest BCUT2D eigenvalue weighted by atomic mass is 32.2. The van der Waals surface area contributed by atoms with Crippen LogP contribution in [-0.2, 0) is 0 Å². The lowest BCUT2D eigenvalue weighted by molar-refractivity contribution is -0.0498. The molecular weight excluding hydrogens is 439 g/mol. The molecule has 5 nitrogen and oxygen atoms in total. The van der Waals surface area contributed by atoms with E-state index in [1.807, 2.05) is 4.57 Å². The van der Waals surface area contributed by atoms with Gasteiger partial charge in [0.25, 0.3) is 0 Å². The van der Waals surface area contributed by atoms with Crippen LogP contribution in [-0.4, -0.2) is 32.9 Å². The first-order chi connectivity index (χ1) is 15.5. The van der Waals surface area contributed by atoms with Crippen molar-refractivity contribution in [2.75, 3.05) is 5.75 Å². The van der Waals surface area contributed by atoms with Crippen LogP contribution in [0.25, 0.3) is 11.4 Å². The molecule has 9 heteroatoms.